The number of hydrogen-bond donors (Lipinski definition) is 2. The third kappa shape index (κ3) is 4.57. The number of pyridine rings is 1. The molecule has 168 valence electrons. The van der Waals surface area contributed by atoms with Gasteiger partial charge in [-0.3, -0.25) is 4.79 Å². The number of benzene rings is 2. The second kappa shape index (κ2) is 9.28. The highest BCUT2D eigenvalue weighted by Crippen LogP contribution is 2.24. The summed E-state index contributed by atoms with van der Waals surface area (Å²) in [5, 5.41) is 4.13. The number of aromatic nitrogens is 6. The Labute approximate surface area is 199 Å². The van der Waals surface area contributed by atoms with Crippen molar-refractivity contribution in [3.05, 3.63) is 94.7 Å². The van der Waals surface area contributed by atoms with Crippen molar-refractivity contribution in [3.8, 4) is 5.82 Å². The zero-order chi connectivity index (χ0) is 23.5. The van der Waals surface area contributed by atoms with Crippen LogP contribution < -0.4 is 16.6 Å². The number of aryl methyl sites for hydroxylation is 1. The molecule has 34 heavy (non-hydrogen) atoms. The monoisotopic (exact) mass is 468 g/mol. The number of thioether (sulfide) groups is 1. The number of nitrogens with two attached hydrogens (primary N) is 1. The van der Waals surface area contributed by atoms with Crippen LogP contribution >= 0.6 is 11.8 Å². The molecule has 0 unspecified atom stereocenters. The lowest BCUT2D eigenvalue weighted by Crippen LogP contribution is -2.22. The van der Waals surface area contributed by atoms with Gasteiger partial charge in [0.05, 0.1) is 16.7 Å². The van der Waals surface area contributed by atoms with Crippen LogP contribution in [0.3, 0.4) is 0 Å². The average Bonchev–Trinajstić information content (AvgIpc) is 2.83. The minimum atomic E-state index is -0.187. The van der Waals surface area contributed by atoms with E-state index in [-0.39, 0.29) is 11.5 Å². The van der Waals surface area contributed by atoms with Crippen LogP contribution in [0.15, 0.2) is 82.9 Å². The molecule has 0 saturated carbocycles. The van der Waals surface area contributed by atoms with E-state index < -0.39 is 0 Å². The summed E-state index contributed by atoms with van der Waals surface area (Å²) >= 11 is 1.33. The van der Waals surface area contributed by atoms with Crippen LogP contribution in [0.1, 0.15) is 11.4 Å². The number of fused-ring (bicyclic) bond motifs is 1. The summed E-state index contributed by atoms with van der Waals surface area (Å²) in [5.74, 6) is 1.74. The van der Waals surface area contributed by atoms with Crippen molar-refractivity contribution in [1.82, 2.24) is 29.5 Å². The summed E-state index contributed by atoms with van der Waals surface area (Å²) in [7, 11) is 0. The molecule has 0 aliphatic carbocycles. The van der Waals surface area contributed by atoms with Crippen molar-refractivity contribution in [3.63, 3.8) is 0 Å². The topological polar surface area (TPSA) is 124 Å². The van der Waals surface area contributed by atoms with Gasteiger partial charge in [0.2, 0.25) is 11.9 Å². The second-order valence-corrected chi connectivity index (χ2v) is 8.40. The molecular weight excluding hydrogens is 448 g/mol. The number of nitrogens with zero attached hydrogens (tertiary/aromatic N) is 6. The first-order valence-electron chi connectivity index (χ1n) is 10.5. The van der Waals surface area contributed by atoms with Gasteiger partial charge in [0.25, 0.3) is 5.56 Å². The van der Waals surface area contributed by atoms with Gasteiger partial charge in [0.1, 0.15) is 11.6 Å². The summed E-state index contributed by atoms with van der Waals surface area (Å²) in [5.41, 5.74) is 8.17. The summed E-state index contributed by atoms with van der Waals surface area (Å²) in [4.78, 5) is 35.4. The number of rotatable bonds is 6. The molecule has 3 N–H and O–H groups in total. The quantitative estimate of drug-likeness (QED) is 0.282. The number of nitrogen functional groups attached to an aromatic ring is 1. The molecule has 2 aromatic carbocycles. The Morgan fingerprint density at radius 3 is 2.59 bits per heavy atom. The first kappa shape index (κ1) is 21.5. The van der Waals surface area contributed by atoms with E-state index in [4.69, 9.17) is 10.7 Å². The maximum Gasteiger partial charge on any atom is 0.267 e. The smallest absolute Gasteiger partial charge is 0.267 e. The van der Waals surface area contributed by atoms with Gasteiger partial charge in [-0.2, -0.15) is 15.0 Å². The van der Waals surface area contributed by atoms with E-state index in [0.717, 1.165) is 11.3 Å². The van der Waals surface area contributed by atoms with E-state index in [1.807, 2.05) is 67.6 Å². The highest BCUT2D eigenvalue weighted by atomic mass is 32.2. The van der Waals surface area contributed by atoms with Crippen LogP contribution in [-0.2, 0) is 5.75 Å². The SMILES string of the molecule is Cc1ccnc(-n2c(SCc3nc(N)nc(Nc4ccccc4)n3)nc3ccccc3c2=O)c1. The van der Waals surface area contributed by atoms with Gasteiger partial charge in [0.15, 0.2) is 5.16 Å². The lowest BCUT2D eigenvalue weighted by molar-refractivity contribution is 0.793. The molecule has 0 bridgehead atoms. The lowest BCUT2D eigenvalue weighted by Gasteiger charge is -2.13. The van der Waals surface area contributed by atoms with Crippen molar-refractivity contribution >= 4 is 40.2 Å². The van der Waals surface area contributed by atoms with Crippen LogP contribution in [-0.4, -0.2) is 29.5 Å². The third-order valence-electron chi connectivity index (χ3n) is 4.93. The summed E-state index contributed by atoms with van der Waals surface area (Å²) in [6.07, 6.45) is 1.68. The highest BCUT2D eigenvalue weighted by Gasteiger charge is 2.15. The largest absolute Gasteiger partial charge is 0.368 e. The predicted molar refractivity (Wildman–Crippen MR) is 133 cm³/mol. The number of anilines is 3. The molecule has 0 amide bonds. The zero-order valence-corrected chi connectivity index (χ0v) is 19.0. The summed E-state index contributed by atoms with van der Waals surface area (Å²) in [6, 6.07) is 20.5. The van der Waals surface area contributed by atoms with Crippen molar-refractivity contribution in [2.75, 3.05) is 11.1 Å². The minimum Gasteiger partial charge on any atom is -0.368 e. The molecular formula is C24H20N8OS. The standard InChI is InChI=1S/C24H20N8OS/c1-15-11-12-26-20(13-15)32-21(33)17-9-5-6-10-18(17)28-24(32)34-14-19-29-22(25)31-23(30-19)27-16-7-3-2-4-8-16/h2-13H,14H2,1H3,(H3,25,27,29,30,31). The van der Waals surface area contributed by atoms with Gasteiger partial charge in [0, 0.05) is 11.9 Å². The molecule has 0 aliphatic heterocycles. The van der Waals surface area contributed by atoms with Crippen molar-refractivity contribution in [1.29, 1.82) is 0 Å². The second-order valence-electron chi connectivity index (χ2n) is 7.46. The van der Waals surface area contributed by atoms with Gasteiger partial charge in [-0.15, -0.1) is 0 Å². The Morgan fingerprint density at radius 1 is 0.971 bits per heavy atom. The maximum atomic E-state index is 13.4. The van der Waals surface area contributed by atoms with E-state index in [2.05, 4.69) is 25.3 Å². The molecule has 0 saturated heterocycles. The molecule has 5 rings (SSSR count). The van der Waals surface area contributed by atoms with Gasteiger partial charge >= 0.3 is 0 Å². The average molecular weight is 469 g/mol. The number of para-hydroxylation sites is 2. The fourth-order valence-electron chi connectivity index (χ4n) is 3.39. The zero-order valence-electron chi connectivity index (χ0n) is 18.2. The molecule has 0 aliphatic rings. The Hall–Kier alpha value is -4.31. The Balaban J connectivity index is 1.51. The molecule has 0 radical (unpaired) electrons. The van der Waals surface area contributed by atoms with E-state index in [1.165, 1.54) is 16.3 Å². The first-order chi connectivity index (χ1) is 16.6. The van der Waals surface area contributed by atoms with Crippen molar-refractivity contribution in [2.45, 2.75) is 17.8 Å². The molecule has 0 fully saturated rings. The van der Waals surface area contributed by atoms with Crippen LogP contribution in [0, 0.1) is 6.92 Å². The molecule has 0 spiro atoms. The molecule has 3 aromatic heterocycles. The molecule has 0 atom stereocenters. The fraction of sp³-hybridized carbons (Fsp3) is 0.0833. The van der Waals surface area contributed by atoms with Gasteiger partial charge in [-0.05, 0) is 48.9 Å². The van der Waals surface area contributed by atoms with Crippen LogP contribution in [0.2, 0.25) is 0 Å². The Morgan fingerprint density at radius 2 is 1.76 bits per heavy atom. The Kier molecular flexibility index (Phi) is 5.88. The fourth-order valence-corrected chi connectivity index (χ4v) is 4.25. The van der Waals surface area contributed by atoms with Crippen molar-refractivity contribution < 1.29 is 0 Å². The van der Waals surface area contributed by atoms with Gasteiger partial charge in [-0.25, -0.2) is 14.5 Å². The maximum absolute atomic E-state index is 13.4. The van der Waals surface area contributed by atoms with Crippen LogP contribution in [0.5, 0.6) is 0 Å². The third-order valence-corrected chi connectivity index (χ3v) is 5.87. The van der Waals surface area contributed by atoms with E-state index in [1.54, 1.807) is 12.3 Å². The highest BCUT2D eigenvalue weighted by molar-refractivity contribution is 7.98. The normalized spacial score (nSPS) is 11.0. The number of hydrogen-bond acceptors (Lipinski definition) is 9. The molecule has 10 heteroatoms. The predicted octanol–water partition coefficient (Wildman–Crippen LogP) is 3.89. The van der Waals surface area contributed by atoms with E-state index in [9.17, 15) is 4.79 Å². The van der Waals surface area contributed by atoms with Crippen molar-refractivity contribution in [2.24, 2.45) is 0 Å². The summed E-state index contributed by atoms with van der Waals surface area (Å²) < 4.78 is 1.52. The first-order valence-corrected chi connectivity index (χ1v) is 11.5. The number of nitrogens with one attached hydrogen (secondary N) is 1. The van der Waals surface area contributed by atoms with Gasteiger partial charge < -0.3 is 11.1 Å². The van der Waals surface area contributed by atoms with Crippen LogP contribution in [0.4, 0.5) is 17.6 Å². The van der Waals surface area contributed by atoms with E-state index >= 15 is 0 Å². The van der Waals surface area contributed by atoms with E-state index in [0.29, 0.717) is 39.4 Å². The molecule has 3 heterocycles. The summed E-state index contributed by atoms with van der Waals surface area (Å²) in [6.45, 7) is 1.95. The Bertz CT molecular complexity index is 1540. The van der Waals surface area contributed by atoms with Gasteiger partial charge in [-0.1, -0.05) is 42.1 Å². The molecule has 9 nitrogen and oxygen atoms in total. The van der Waals surface area contributed by atoms with Crippen LogP contribution in [0.25, 0.3) is 16.7 Å². The molecule has 5 aromatic rings. The minimum absolute atomic E-state index is 0.105. The lowest BCUT2D eigenvalue weighted by atomic mass is 10.2.